The van der Waals surface area contributed by atoms with E-state index in [1.807, 2.05) is 67.4 Å². The van der Waals surface area contributed by atoms with Gasteiger partial charge in [0.2, 0.25) is 17.6 Å². The Balaban J connectivity index is 1.59. The van der Waals surface area contributed by atoms with Gasteiger partial charge in [-0.1, -0.05) is 54.5 Å². The summed E-state index contributed by atoms with van der Waals surface area (Å²) in [6.45, 7) is 4.72. The van der Waals surface area contributed by atoms with E-state index in [2.05, 4.69) is 22.4 Å². The fourth-order valence-electron chi connectivity index (χ4n) is 2.92. The lowest BCUT2D eigenvalue weighted by Crippen LogP contribution is -2.30. The van der Waals surface area contributed by atoms with Gasteiger partial charge in [-0.15, -0.1) is 0 Å². The standard InChI is InChI=1S/C21H24N4O2/c1-4-16-10-6-8-12-18(16)22-19(26)13-25(3)14-20-23-21(24-27-20)17-11-7-5-9-15(17)2/h5-12H,4,13-14H2,1-3H3,(H,22,26). The van der Waals surface area contributed by atoms with Crippen molar-refractivity contribution >= 4 is 11.6 Å². The van der Waals surface area contributed by atoms with Crippen molar-refractivity contribution in [3.05, 3.63) is 65.5 Å². The molecule has 2 aromatic carbocycles. The number of hydrogen-bond acceptors (Lipinski definition) is 5. The van der Waals surface area contributed by atoms with Gasteiger partial charge in [0.1, 0.15) is 0 Å². The molecule has 0 spiro atoms. The van der Waals surface area contributed by atoms with Crippen LogP contribution in [0.2, 0.25) is 0 Å². The van der Waals surface area contributed by atoms with E-state index in [1.165, 1.54) is 0 Å². The van der Waals surface area contributed by atoms with Gasteiger partial charge in [-0.25, -0.2) is 0 Å². The summed E-state index contributed by atoms with van der Waals surface area (Å²) < 4.78 is 5.35. The molecule has 1 heterocycles. The van der Waals surface area contributed by atoms with Crippen molar-refractivity contribution in [1.29, 1.82) is 0 Å². The van der Waals surface area contributed by atoms with Crippen LogP contribution in [0.5, 0.6) is 0 Å². The Bertz CT molecular complexity index is 920. The lowest BCUT2D eigenvalue weighted by molar-refractivity contribution is -0.117. The summed E-state index contributed by atoms with van der Waals surface area (Å²) in [7, 11) is 1.85. The van der Waals surface area contributed by atoms with Crippen LogP contribution in [-0.2, 0) is 17.8 Å². The lowest BCUT2D eigenvalue weighted by Gasteiger charge is -2.15. The molecule has 0 unspecified atom stereocenters. The molecule has 1 aromatic heterocycles. The van der Waals surface area contributed by atoms with E-state index in [1.54, 1.807) is 0 Å². The highest BCUT2D eigenvalue weighted by molar-refractivity contribution is 5.92. The van der Waals surface area contributed by atoms with E-state index >= 15 is 0 Å². The number of carbonyl (C=O) groups is 1. The average Bonchev–Trinajstić information content (AvgIpc) is 3.10. The first kappa shape index (κ1) is 18.8. The van der Waals surface area contributed by atoms with Crippen LogP contribution in [0.3, 0.4) is 0 Å². The predicted molar refractivity (Wildman–Crippen MR) is 105 cm³/mol. The molecule has 0 fully saturated rings. The Morgan fingerprint density at radius 1 is 1.15 bits per heavy atom. The number of aromatic nitrogens is 2. The third-order valence-electron chi connectivity index (χ3n) is 4.35. The third kappa shape index (κ3) is 4.80. The third-order valence-corrected chi connectivity index (χ3v) is 4.35. The molecule has 0 aliphatic heterocycles. The van der Waals surface area contributed by atoms with Gasteiger partial charge in [0.25, 0.3) is 0 Å². The molecule has 0 aliphatic carbocycles. The molecule has 0 radical (unpaired) electrons. The summed E-state index contributed by atoms with van der Waals surface area (Å²) in [5, 5.41) is 7.03. The van der Waals surface area contributed by atoms with E-state index in [0.29, 0.717) is 18.3 Å². The van der Waals surface area contributed by atoms with Crippen molar-refractivity contribution in [3.8, 4) is 11.4 Å². The van der Waals surface area contributed by atoms with Gasteiger partial charge in [-0.3, -0.25) is 9.69 Å². The number of aryl methyl sites for hydroxylation is 2. The van der Waals surface area contributed by atoms with E-state index in [0.717, 1.165) is 28.8 Å². The predicted octanol–water partition coefficient (Wildman–Crippen LogP) is 3.68. The minimum Gasteiger partial charge on any atom is -0.338 e. The van der Waals surface area contributed by atoms with Crippen LogP contribution in [0.1, 0.15) is 23.9 Å². The smallest absolute Gasteiger partial charge is 0.241 e. The Morgan fingerprint density at radius 3 is 2.67 bits per heavy atom. The highest BCUT2D eigenvalue weighted by atomic mass is 16.5. The molecular formula is C21H24N4O2. The van der Waals surface area contributed by atoms with Gasteiger partial charge in [-0.2, -0.15) is 4.98 Å². The molecule has 0 atom stereocenters. The van der Waals surface area contributed by atoms with Gasteiger partial charge >= 0.3 is 0 Å². The van der Waals surface area contributed by atoms with Crippen molar-refractivity contribution < 1.29 is 9.32 Å². The van der Waals surface area contributed by atoms with Crippen LogP contribution in [0.4, 0.5) is 5.69 Å². The Hall–Kier alpha value is -2.99. The van der Waals surface area contributed by atoms with Crippen molar-refractivity contribution in [2.75, 3.05) is 18.9 Å². The second kappa shape index (κ2) is 8.60. The Kier molecular flexibility index (Phi) is 5.98. The topological polar surface area (TPSA) is 71.3 Å². The molecule has 0 saturated heterocycles. The highest BCUT2D eigenvalue weighted by Gasteiger charge is 2.14. The van der Waals surface area contributed by atoms with E-state index in [4.69, 9.17) is 4.52 Å². The summed E-state index contributed by atoms with van der Waals surface area (Å²) in [5.41, 5.74) is 4.02. The number of nitrogens with one attached hydrogen (secondary N) is 1. The molecule has 1 amide bonds. The minimum atomic E-state index is -0.0722. The van der Waals surface area contributed by atoms with Crippen LogP contribution in [0, 0.1) is 6.92 Å². The largest absolute Gasteiger partial charge is 0.338 e. The Labute approximate surface area is 159 Å². The maximum absolute atomic E-state index is 12.3. The highest BCUT2D eigenvalue weighted by Crippen LogP contribution is 2.20. The molecule has 140 valence electrons. The summed E-state index contributed by atoms with van der Waals surface area (Å²) in [6, 6.07) is 15.7. The first-order valence-corrected chi connectivity index (χ1v) is 9.01. The van der Waals surface area contributed by atoms with Gasteiger partial charge in [0.05, 0.1) is 13.1 Å². The van der Waals surface area contributed by atoms with Crippen LogP contribution in [0.25, 0.3) is 11.4 Å². The SMILES string of the molecule is CCc1ccccc1NC(=O)CN(C)Cc1nc(-c2ccccc2C)no1. The van der Waals surface area contributed by atoms with Gasteiger partial charge in [0.15, 0.2) is 0 Å². The van der Waals surface area contributed by atoms with Gasteiger partial charge in [0, 0.05) is 11.3 Å². The maximum atomic E-state index is 12.3. The fourth-order valence-corrected chi connectivity index (χ4v) is 2.92. The summed E-state index contributed by atoms with van der Waals surface area (Å²) in [5.74, 6) is 0.979. The fraction of sp³-hybridized carbons (Fsp3) is 0.286. The minimum absolute atomic E-state index is 0.0722. The maximum Gasteiger partial charge on any atom is 0.241 e. The number of rotatable bonds is 7. The molecule has 27 heavy (non-hydrogen) atoms. The van der Waals surface area contributed by atoms with E-state index in [9.17, 15) is 4.79 Å². The molecule has 0 aliphatic rings. The number of hydrogen-bond donors (Lipinski definition) is 1. The van der Waals surface area contributed by atoms with Gasteiger partial charge in [-0.05, 0) is 37.6 Å². The number of anilines is 1. The van der Waals surface area contributed by atoms with Crippen molar-refractivity contribution in [3.63, 3.8) is 0 Å². The second-order valence-corrected chi connectivity index (χ2v) is 6.56. The summed E-state index contributed by atoms with van der Waals surface area (Å²) in [6.07, 6.45) is 0.871. The molecule has 1 N–H and O–H groups in total. The zero-order valence-electron chi connectivity index (χ0n) is 15.9. The number of likely N-dealkylation sites (N-methyl/N-ethyl adjacent to an activating group) is 1. The summed E-state index contributed by atoms with van der Waals surface area (Å²) >= 11 is 0. The normalized spacial score (nSPS) is 11.0. The van der Waals surface area contributed by atoms with Crippen LogP contribution < -0.4 is 5.32 Å². The molecule has 0 saturated carbocycles. The van der Waals surface area contributed by atoms with Crippen molar-refractivity contribution in [1.82, 2.24) is 15.0 Å². The number of nitrogens with zero attached hydrogens (tertiary/aromatic N) is 3. The van der Waals surface area contributed by atoms with E-state index in [-0.39, 0.29) is 12.5 Å². The van der Waals surface area contributed by atoms with Crippen LogP contribution >= 0.6 is 0 Å². The van der Waals surface area contributed by atoms with E-state index < -0.39 is 0 Å². The summed E-state index contributed by atoms with van der Waals surface area (Å²) in [4.78, 5) is 18.6. The quantitative estimate of drug-likeness (QED) is 0.692. The van der Waals surface area contributed by atoms with Crippen molar-refractivity contribution in [2.45, 2.75) is 26.8 Å². The number of para-hydroxylation sites is 1. The molecule has 6 heteroatoms. The average molecular weight is 364 g/mol. The number of benzene rings is 2. The first-order chi connectivity index (χ1) is 13.1. The second-order valence-electron chi connectivity index (χ2n) is 6.56. The number of carbonyl (C=O) groups excluding carboxylic acids is 1. The van der Waals surface area contributed by atoms with Crippen LogP contribution in [0.15, 0.2) is 53.1 Å². The monoisotopic (exact) mass is 364 g/mol. The molecule has 6 nitrogen and oxygen atoms in total. The number of amides is 1. The molecule has 0 bridgehead atoms. The first-order valence-electron chi connectivity index (χ1n) is 9.01. The van der Waals surface area contributed by atoms with Crippen molar-refractivity contribution in [2.24, 2.45) is 0 Å². The lowest BCUT2D eigenvalue weighted by atomic mass is 10.1. The zero-order valence-corrected chi connectivity index (χ0v) is 15.9. The Morgan fingerprint density at radius 2 is 1.89 bits per heavy atom. The molecular weight excluding hydrogens is 340 g/mol. The molecule has 3 aromatic rings. The van der Waals surface area contributed by atoms with Gasteiger partial charge < -0.3 is 9.84 Å². The van der Waals surface area contributed by atoms with Crippen LogP contribution in [-0.4, -0.2) is 34.5 Å². The zero-order chi connectivity index (χ0) is 19.2. The molecule has 3 rings (SSSR count).